The highest BCUT2D eigenvalue weighted by molar-refractivity contribution is 7.91. The molecule has 1 aliphatic rings. The summed E-state index contributed by atoms with van der Waals surface area (Å²) in [4.78, 5) is 12.0. The average Bonchev–Trinajstić information content (AvgIpc) is 2.28. The maximum absolute atomic E-state index is 12.0. The van der Waals surface area contributed by atoms with Crippen molar-refractivity contribution in [1.82, 2.24) is 5.32 Å². The van der Waals surface area contributed by atoms with E-state index in [4.69, 9.17) is 11.6 Å². The zero-order valence-electron chi connectivity index (χ0n) is 9.73. The van der Waals surface area contributed by atoms with Crippen LogP contribution in [-0.2, 0) is 9.84 Å². The third kappa shape index (κ3) is 3.54. The summed E-state index contributed by atoms with van der Waals surface area (Å²) in [5, 5.41) is 3.63. The van der Waals surface area contributed by atoms with Gasteiger partial charge in [-0.05, 0) is 24.3 Å². The molecule has 0 aliphatic carbocycles. The molecule has 1 saturated heterocycles. The van der Waals surface area contributed by atoms with E-state index in [1.54, 1.807) is 24.3 Å². The first kappa shape index (κ1) is 13.5. The molecular weight excluding hydrogens is 274 g/mol. The maximum Gasteiger partial charge on any atom is 0.164 e. The third-order valence-electron chi connectivity index (χ3n) is 2.90. The highest BCUT2D eigenvalue weighted by Crippen LogP contribution is 2.13. The Hall–Kier alpha value is -0.910. The minimum atomic E-state index is -3.00. The first-order chi connectivity index (χ1) is 8.46. The van der Waals surface area contributed by atoms with E-state index in [0.29, 0.717) is 17.1 Å². The van der Waals surface area contributed by atoms with Crippen molar-refractivity contribution in [2.24, 2.45) is 0 Å². The molecule has 0 bridgehead atoms. The van der Waals surface area contributed by atoms with E-state index in [2.05, 4.69) is 5.32 Å². The van der Waals surface area contributed by atoms with Crippen molar-refractivity contribution >= 4 is 27.2 Å². The molecule has 1 fully saturated rings. The van der Waals surface area contributed by atoms with Crippen LogP contribution in [0.25, 0.3) is 0 Å². The number of hydrogen-bond acceptors (Lipinski definition) is 4. The van der Waals surface area contributed by atoms with Crippen LogP contribution in [0.3, 0.4) is 0 Å². The van der Waals surface area contributed by atoms with Gasteiger partial charge in [-0.25, -0.2) is 8.42 Å². The smallest absolute Gasteiger partial charge is 0.164 e. The fourth-order valence-corrected chi connectivity index (χ4v) is 3.55. The van der Waals surface area contributed by atoms with Gasteiger partial charge >= 0.3 is 0 Å². The highest BCUT2D eigenvalue weighted by Gasteiger charge is 2.26. The summed E-state index contributed by atoms with van der Waals surface area (Å²) in [7, 11) is -3.00. The molecule has 1 atom stereocenters. The largest absolute Gasteiger partial charge is 0.312 e. The Morgan fingerprint density at radius 3 is 2.61 bits per heavy atom. The van der Waals surface area contributed by atoms with Gasteiger partial charge in [-0.15, -0.1) is 0 Å². The van der Waals surface area contributed by atoms with Crippen molar-refractivity contribution in [2.75, 3.05) is 18.1 Å². The van der Waals surface area contributed by atoms with Crippen LogP contribution < -0.4 is 5.32 Å². The normalized spacial score (nSPS) is 22.6. The van der Waals surface area contributed by atoms with Crippen molar-refractivity contribution in [3.8, 4) is 0 Å². The molecule has 0 saturated carbocycles. The number of ketones is 1. The number of hydrogen-bond donors (Lipinski definition) is 1. The van der Waals surface area contributed by atoms with E-state index in [1.807, 2.05) is 0 Å². The molecule has 1 aliphatic heterocycles. The van der Waals surface area contributed by atoms with Gasteiger partial charge in [0.15, 0.2) is 15.6 Å². The van der Waals surface area contributed by atoms with E-state index in [9.17, 15) is 13.2 Å². The molecule has 4 nitrogen and oxygen atoms in total. The van der Waals surface area contributed by atoms with Crippen molar-refractivity contribution < 1.29 is 13.2 Å². The molecule has 1 aromatic rings. The molecule has 1 unspecified atom stereocenters. The average molecular weight is 288 g/mol. The van der Waals surface area contributed by atoms with E-state index < -0.39 is 9.84 Å². The highest BCUT2D eigenvalue weighted by atomic mass is 35.5. The lowest BCUT2D eigenvalue weighted by molar-refractivity contribution is 0.0972. The van der Waals surface area contributed by atoms with Crippen LogP contribution in [0.2, 0.25) is 5.02 Å². The Kier molecular flexibility index (Phi) is 4.04. The zero-order chi connectivity index (χ0) is 13.2. The summed E-state index contributed by atoms with van der Waals surface area (Å²) in [6, 6.07) is 6.33. The van der Waals surface area contributed by atoms with E-state index >= 15 is 0 Å². The van der Waals surface area contributed by atoms with E-state index in [-0.39, 0.29) is 29.8 Å². The maximum atomic E-state index is 12.0. The molecule has 6 heteroatoms. The second kappa shape index (κ2) is 5.38. The third-order valence-corrected chi connectivity index (χ3v) is 4.89. The van der Waals surface area contributed by atoms with E-state index in [0.717, 1.165) is 0 Å². The van der Waals surface area contributed by atoms with Gasteiger partial charge in [0.05, 0.1) is 11.5 Å². The Morgan fingerprint density at radius 2 is 2.00 bits per heavy atom. The van der Waals surface area contributed by atoms with Gasteiger partial charge in [-0.2, -0.15) is 0 Å². The molecule has 0 spiro atoms. The van der Waals surface area contributed by atoms with Crippen LogP contribution in [0, 0.1) is 0 Å². The molecule has 98 valence electrons. The first-order valence-corrected chi connectivity index (χ1v) is 7.89. The van der Waals surface area contributed by atoms with Gasteiger partial charge in [-0.1, -0.05) is 11.6 Å². The number of Topliss-reactive ketones (excluding diaryl/α,β-unsaturated/α-hetero) is 1. The van der Waals surface area contributed by atoms with Crippen molar-refractivity contribution in [3.63, 3.8) is 0 Å². The number of carbonyl (C=O) groups is 1. The van der Waals surface area contributed by atoms with Crippen LogP contribution in [-0.4, -0.2) is 38.3 Å². The number of carbonyl (C=O) groups excluding carboxylic acids is 1. The quantitative estimate of drug-likeness (QED) is 0.851. The summed E-state index contributed by atoms with van der Waals surface area (Å²) in [5.41, 5.74) is 0.559. The van der Waals surface area contributed by atoms with Gasteiger partial charge in [-0.3, -0.25) is 4.79 Å². The van der Waals surface area contributed by atoms with Crippen LogP contribution in [0.15, 0.2) is 24.3 Å². The SMILES string of the molecule is O=C(CC1CS(=O)(=O)CCN1)c1ccc(Cl)cc1. The van der Waals surface area contributed by atoms with E-state index in [1.165, 1.54) is 0 Å². The van der Waals surface area contributed by atoms with Crippen LogP contribution in [0.1, 0.15) is 16.8 Å². The molecular formula is C12H14ClNO3S. The lowest BCUT2D eigenvalue weighted by Crippen LogP contribution is -2.45. The van der Waals surface area contributed by atoms with Crippen LogP contribution >= 0.6 is 11.6 Å². The Labute approximate surface area is 111 Å². The van der Waals surface area contributed by atoms with Crippen molar-refractivity contribution in [1.29, 1.82) is 0 Å². The summed E-state index contributed by atoms with van der Waals surface area (Å²) in [6.07, 6.45) is 0.195. The number of rotatable bonds is 3. The monoisotopic (exact) mass is 287 g/mol. The Bertz CT molecular complexity index is 539. The Balaban J connectivity index is 2.01. The fraction of sp³-hybridized carbons (Fsp3) is 0.417. The number of halogens is 1. The summed E-state index contributed by atoms with van der Waals surface area (Å²) >= 11 is 5.74. The predicted molar refractivity (Wildman–Crippen MR) is 70.8 cm³/mol. The first-order valence-electron chi connectivity index (χ1n) is 5.69. The molecule has 0 aromatic heterocycles. The standard InChI is InChI=1S/C12H14ClNO3S/c13-10-3-1-9(2-4-10)12(15)7-11-8-18(16,17)6-5-14-11/h1-4,11,14H,5-8H2. The number of benzene rings is 1. The van der Waals surface area contributed by atoms with Gasteiger partial charge in [0.1, 0.15) is 0 Å². The van der Waals surface area contributed by atoms with Gasteiger partial charge in [0, 0.05) is 29.6 Å². The minimum Gasteiger partial charge on any atom is -0.312 e. The lowest BCUT2D eigenvalue weighted by Gasteiger charge is -2.22. The van der Waals surface area contributed by atoms with Gasteiger partial charge in [0.2, 0.25) is 0 Å². The molecule has 1 N–H and O–H groups in total. The van der Waals surface area contributed by atoms with Crippen molar-refractivity contribution in [3.05, 3.63) is 34.9 Å². The van der Waals surface area contributed by atoms with Gasteiger partial charge < -0.3 is 5.32 Å². The summed E-state index contributed by atoms with van der Waals surface area (Å²) in [6.45, 7) is 0.418. The topological polar surface area (TPSA) is 63.2 Å². The molecule has 2 rings (SSSR count). The van der Waals surface area contributed by atoms with Crippen molar-refractivity contribution in [2.45, 2.75) is 12.5 Å². The lowest BCUT2D eigenvalue weighted by atomic mass is 10.0. The molecule has 18 heavy (non-hydrogen) atoms. The molecule has 1 aromatic carbocycles. The summed E-state index contributed by atoms with van der Waals surface area (Å²) in [5.74, 6) is 0.117. The van der Waals surface area contributed by atoms with Crippen LogP contribution in [0.5, 0.6) is 0 Å². The Morgan fingerprint density at radius 1 is 1.33 bits per heavy atom. The second-order valence-electron chi connectivity index (χ2n) is 4.40. The minimum absolute atomic E-state index is 0.0341. The number of nitrogens with one attached hydrogen (secondary N) is 1. The van der Waals surface area contributed by atoms with Crippen LogP contribution in [0.4, 0.5) is 0 Å². The molecule has 0 radical (unpaired) electrons. The van der Waals surface area contributed by atoms with Gasteiger partial charge in [0.25, 0.3) is 0 Å². The second-order valence-corrected chi connectivity index (χ2v) is 7.06. The predicted octanol–water partition coefficient (Wildman–Crippen LogP) is 1.30. The molecule has 1 heterocycles. The zero-order valence-corrected chi connectivity index (χ0v) is 11.3. The summed E-state index contributed by atoms with van der Waals surface area (Å²) < 4.78 is 22.9. The fourth-order valence-electron chi connectivity index (χ4n) is 1.98. The number of sulfone groups is 1. The molecule has 0 amide bonds.